The van der Waals surface area contributed by atoms with Crippen molar-refractivity contribution in [2.24, 2.45) is 16.3 Å². The first-order chi connectivity index (χ1) is 9.43. The molecule has 1 aromatic rings. The first kappa shape index (κ1) is 16.3. The van der Waals surface area contributed by atoms with E-state index in [1.165, 1.54) is 0 Å². The van der Waals surface area contributed by atoms with E-state index in [9.17, 15) is 5.11 Å². The number of oxime groups is 1. The zero-order valence-corrected chi connectivity index (χ0v) is 12.2. The molecule has 0 amide bonds. The van der Waals surface area contributed by atoms with E-state index in [0.717, 1.165) is 11.3 Å². The molecule has 0 fully saturated rings. The summed E-state index contributed by atoms with van der Waals surface area (Å²) < 4.78 is 5.29. The topological polar surface area (TPSA) is 100 Å². The number of nitrogens with zero attached hydrogens (tertiary/aromatic N) is 1. The summed E-state index contributed by atoms with van der Waals surface area (Å²) in [5, 5.41) is 24.2. The fourth-order valence-corrected chi connectivity index (χ4v) is 1.73. The number of methoxy groups -OCH3 is 1. The van der Waals surface area contributed by atoms with Gasteiger partial charge >= 0.3 is 0 Å². The molecule has 0 aliphatic heterocycles. The molecule has 0 aliphatic rings. The molecule has 1 aromatic carbocycles. The smallest absolute Gasteiger partial charge is 0.170 e. The van der Waals surface area contributed by atoms with Crippen molar-refractivity contribution in [3.63, 3.8) is 0 Å². The molecular weight excluding hydrogens is 258 g/mol. The largest absolute Gasteiger partial charge is 0.496 e. The molecule has 0 unspecified atom stereocenters. The van der Waals surface area contributed by atoms with Crippen LogP contribution in [0.25, 0.3) is 0 Å². The minimum absolute atomic E-state index is 0.0598. The Morgan fingerprint density at radius 3 is 2.70 bits per heavy atom. The number of hydrogen-bond acceptors (Lipinski definition) is 5. The van der Waals surface area contributed by atoms with Gasteiger partial charge in [0.2, 0.25) is 0 Å². The summed E-state index contributed by atoms with van der Waals surface area (Å²) in [5.41, 5.74) is 6.93. The summed E-state index contributed by atoms with van der Waals surface area (Å²) in [7, 11) is 1.60. The lowest BCUT2D eigenvalue weighted by atomic mass is 9.95. The Bertz CT molecular complexity index is 473. The van der Waals surface area contributed by atoms with Crippen molar-refractivity contribution >= 4 is 5.84 Å². The molecule has 112 valence electrons. The maximum absolute atomic E-state index is 9.22. The summed E-state index contributed by atoms with van der Waals surface area (Å²) in [5.74, 6) is 0.790. The van der Waals surface area contributed by atoms with E-state index >= 15 is 0 Å². The van der Waals surface area contributed by atoms with Crippen LogP contribution in [0.5, 0.6) is 5.75 Å². The zero-order chi connectivity index (χ0) is 15.2. The monoisotopic (exact) mass is 281 g/mol. The highest BCUT2D eigenvalue weighted by atomic mass is 16.5. The molecule has 0 saturated heterocycles. The van der Waals surface area contributed by atoms with Crippen LogP contribution in [0.15, 0.2) is 23.4 Å². The predicted octanol–water partition coefficient (Wildman–Crippen LogP) is 0.898. The average molecular weight is 281 g/mol. The van der Waals surface area contributed by atoms with Crippen LogP contribution in [0.1, 0.15) is 25.0 Å². The lowest BCUT2D eigenvalue weighted by molar-refractivity contribution is 0.156. The Hall–Kier alpha value is -1.79. The average Bonchev–Trinajstić information content (AvgIpc) is 2.46. The molecule has 6 heteroatoms. The van der Waals surface area contributed by atoms with Gasteiger partial charge in [-0.2, -0.15) is 0 Å². The van der Waals surface area contributed by atoms with Crippen molar-refractivity contribution in [2.75, 3.05) is 20.3 Å². The van der Waals surface area contributed by atoms with E-state index in [4.69, 9.17) is 15.7 Å². The molecule has 0 aromatic heterocycles. The van der Waals surface area contributed by atoms with Gasteiger partial charge in [0, 0.05) is 36.2 Å². The number of rotatable bonds is 7. The summed E-state index contributed by atoms with van der Waals surface area (Å²) in [6.07, 6.45) is 0. The lowest BCUT2D eigenvalue weighted by Gasteiger charge is -2.22. The van der Waals surface area contributed by atoms with E-state index in [1.54, 1.807) is 19.2 Å². The third-order valence-electron chi connectivity index (χ3n) is 3.03. The maximum atomic E-state index is 9.22. The number of nitrogens with two attached hydrogens (primary N) is 1. The molecule has 0 saturated carbocycles. The summed E-state index contributed by atoms with van der Waals surface area (Å²) in [6.45, 7) is 5.30. The maximum Gasteiger partial charge on any atom is 0.170 e. The fourth-order valence-electron chi connectivity index (χ4n) is 1.73. The SMILES string of the molecule is COc1ccc(/C(N)=N/O)cc1CNCC(C)(C)CO. The van der Waals surface area contributed by atoms with Crippen LogP contribution in [0, 0.1) is 5.41 Å². The number of aliphatic hydroxyl groups excluding tert-OH is 1. The molecule has 0 radical (unpaired) electrons. The van der Waals surface area contributed by atoms with Gasteiger partial charge < -0.3 is 26.1 Å². The Morgan fingerprint density at radius 1 is 1.45 bits per heavy atom. The number of amidine groups is 1. The van der Waals surface area contributed by atoms with Crippen LogP contribution < -0.4 is 15.8 Å². The highest BCUT2D eigenvalue weighted by molar-refractivity contribution is 5.97. The number of hydrogen-bond donors (Lipinski definition) is 4. The van der Waals surface area contributed by atoms with Crippen LogP contribution in [0.3, 0.4) is 0 Å². The van der Waals surface area contributed by atoms with Crippen molar-refractivity contribution < 1.29 is 15.1 Å². The second-order valence-corrected chi connectivity index (χ2v) is 5.44. The number of ether oxygens (including phenoxy) is 1. The van der Waals surface area contributed by atoms with E-state index in [1.807, 2.05) is 19.9 Å². The van der Waals surface area contributed by atoms with Crippen LogP contribution in [0.2, 0.25) is 0 Å². The molecule has 0 atom stereocenters. The number of benzene rings is 1. The summed E-state index contributed by atoms with van der Waals surface area (Å²) in [4.78, 5) is 0. The molecule has 0 bridgehead atoms. The van der Waals surface area contributed by atoms with Gasteiger partial charge in [0.05, 0.1) is 7.11 Å². The second kappa shape index (κ2) is 7.12. The van der Waals surface area contributed by atoms with Crippen molar-refractivity contribution in [1.29, 1.82) is 0 Å². The van der Waals surface area contributed by atoms with E-state index in [0.29, 0.717) is 18.7 Å². The van der Waals surface area contributed by atoms with Crippen molar-refractivity contribution in [3.8, 4) is 5.75 Å². The molecule has 0 spiro atoms. The van der Waals surface area contributed by atoms with Gasteiger partial charge in [-0.25, -0.2) is 0 Å². The van der Waals surface area contributed by atoms with Gasteiger partial charge in [-0.15, -0.1) is 0 Å². The van der Waals surface area contributed by atoms with Gasteiger partial charge in [-0.1, -0.05) is 19.0 Å². The quantitative estimate of drug-likeness (QED) is 0.257. The zero-order valence-electron chi connectivity index (χ0n) is 12.2. The van der Waals surface area contributed by atoms with Crippen LogP contribution in [-0.2, 0) is 6.54 Å². The summed E-state index contributed by atoms with van der Waals surface area (Å²) in [6, 6.07) is 5.32. The molecule has 20 heavy (non-hydrogen) atoms. The highest BCUT2D eigenvalue weighted by Crippen LogP contribution is 2.20. The highest BCUT2D eigenvalue weighted by Gasteiger charge is 2.16. The van der Waals surface area contributed by atoms with Gasteiger partial charge in [0.15, 0.2) is 5.84 Å². The Balaban J connectivity index is 2.81. The number of aliphatic hydroxyl groups is 1. The molecular formula is C14H23N3O3. The Labute approximate surface area is 119 Å². The van der Waals surface area contributed by atoms with Crippen molar-refractivity contribution in [1.82, 2.24) is 5.32 Å². The second-order valence-electron chi connectivity index (χ2n) is 5.44. The molecule has 0 heterocycles. The van der Waals surface area contributed by atoms with E-state index in [-0.39, 0.29) is 17.9 Å². The van der Waals surface area contributed by atoms with E-state index < -0.39 is 0 Å². The van der Waals surface area contributed by atoms with Crippen molar-refractivity contribution in [3.05, 3.63) is 29.3 Å². The third-order valence-corrected chi connectivity index (χ3v) is 3.03. The minimum atomic E-state index is -0.184. The first-order valence-corrected chi connectivity index (χ1v) is 6.40. The lowest BCUT2D eigenvalue weighted by Crippen LogP contribution is -2.32. The predicted molar refractivity (Wildman–Crippen MR) is 78.1 cm³/mol. The number of nitrogens with one attached hydrogen (secondary N) is 1. The normalized spacial score (nSPS) is 12.5. The van der Waals surface area contributed by atoms with Gasteiger partial charge in [-0.3, -0.25) is 0 Å². The Kier molecular flexibility index (Phi) is 5.79. The van der Waals surface area contributed by atoms with Crippen LogP contribution in [0.4, 0.5) is 0 Å². The molecule has 5 N–H and O–H groups in total. The van der Waals surface area contributed by atoms with Crippen LogP contribution >= 0.6 is 0 Å². The van der Waals surface area contributed by atoms with Crippen molar-refractivity contribution in [2.45, 2.75) is 20.4 Å². The van der Waals surface area contributed by atoms with Gasteiger partial charge in [0.25, 0.3) is 0 Å². The standard InChI is InChI=1S/C14H23N3O3/c1-14(2,9-18)8-16-7-11-6-10(13(15)17-19)4-5-12(11)20-3/h4-6,16,18-19H,7-9H2,1-3H3,(H2,15,17). The first-order valence-electron chi connectivity index (χ1n) is 6.40. The Morgan fingerprint density at radius 2 is 2.15 bits per heavy atom. The minimum Gasteiger partial charge on any atom is -0.496 e. The summed E-state index contributed by atoms with van der Waals surface area (Å²) >= 11 is 0. The third kappa shape index (κ3) is 4.40. The molecule has 1 rings (SSSR count). The van der Waals surface area contributed by atoms with Crippen LogP contribution in [-0.4, -0.2) is 36.4 Å². The van der Waals surface area contributed by atoms with E-state index in [2.05, 4.69) is 10.5 Å². The molecule has 6 nitrogen and oxygen atoms in total. The van der Waals surface area contributed by atoms with Gasteiger partial charge in [0.1, 0.15) is 5.75 Å². The fraction of sp³-hybridized carbons (Fsp3) is 0.500. The molecule has 0 aliphatic carbocycles. The van der Waals surface area contributed by atoms with Gasteiger partial charge in [-0.05, 0) is 18.2 Å².